The van der Waals surface area contributed by atoms with Gasteiger partial charge in [0.15, 0.2) is 0 Å². The molecule has 0 radical (unpaired) electrons. The standard InChI is InChI=1S/C18H27N5O3/c1-25-12-14-16(13-3-10-26-17(13)14)21-15(24)11-22-6-8-23(9-7-22)18-19-4-2-5-20-18/h2,4-5,13-14,16-17H,3,6-12H2,1H3,(H,21,24)/t13-,14+,16-,17-/m0/s1. The number of carbonyl (C=O) groups is 1. The smallest absolute Gasteiger partial charge is 0.234 e. The summed E-state index contributed by atoms with van der Waals surface area (Å²) < 4.78 is 11.1. The van der Waals surface area contributed by atoms with Crippen LogP contribution in [0.2, 0.25) is 0 Å². The topological polar surface area (TPSA) is 79.8 Å². The fraction of sp³-hybridized carbons (Fsp3) is 0.722. The van der Waals surface area contributed by atoms with Crippen LogP contribution < -0.4 is 10.2 Å². The zero-order chi connectivity index (χ0) is 17.9. The van der Waals surface area contributed by atoms with Gasteiger partial charge in [-0.05, 0) is 12.5 Å². The molecule has 2 aliphatic heterocycles. The second-order valence-corrected chi connectivity index (χ2v) is 7.31. The quantitative estimate of drug-likeness (QED) is 0.749. The van der Waals surface area contributed by atoms with E-state index in [9.17, 15) is 4.79 Å². The Morgan fingerprint density at radius 3 is 2.81 bits per heavy atom. The van der Waals surface area contributed by atoms with Crippen molar-refractivity contribution < 1.29 is 14.3 Å². The average Bonchev–Trinajstić information content (AvgIpc) is 3.10. The molecule has 4 atom stereocenters. The number of methoxy groups -OCH3 is 1. The summed E-state index contributed by atoms with van der Waals surface area (Å²) in [6.07, 6.45) is 4.81. The van der Waals surface area contributed by atoms with Crippen molar-refractivity contribution in [3.63, 3.8) is 0 Å². The van der Waals surface area contributed by atoms with Gasteiger partial charge in [0.05, 0.1) is 19.3 Å². The number of nitrogens with one attached hydrogen (secondary N) is 1. The Hall–Kier alpha value is -1.77. The van der Waals surface area contributed by atoms with Crippen molar-refractivity contribution in [2.75, 3.05) is 57.9 Å². The fourth-order valence-corrected chi connectivity index (χ4v) is 4.43. The summed E-state index contributed by atoms with van der Waals surface area (Å²) in [5, 5.41) is 3.23. The highest BCUT2D eigenvalue weighted by Crippen LogP contribution is 2.43. The van der Waals surface area contributed by atoms with Crippen molar-refractivity contribution in [1.82, 2.24) is 20.2 Å². The summed E-state index contributed by atoms with van der Waals surface area (Å²) in [6.45, 7) is 5.24. The second kappa shape index (κ2) is 7.85. The van der Waals surface area contributed by atoms with E-state index in [0.29, 0.717) is 19.1 Å². The molecule has 1 aromatic heterocycles. The molecule has 142 valence electrons. The van der Waals surface area contributed by atoms with Crippen LogP contribution in [-0.2, 0) is 14.3 Å². The van der Waals surface area contributed by atoms with Gasteiger partial charge in [-0.25, -0.2) is 9.97 Å². The first-order valence-corrected chi connectivity index (χ1v) is 9.40. The van der Waals surface area contributed by atoms with Gasteiger partial charge in [0.25, 0.3) is 0 Å². The summed E-state index contributed by atoms with van der Waals surface area (Å²) in [5.74, 6) is 1.60. The van der Waals surface area contributed by atoms with Crippen molar-refractivity contribution in [2.45, 2.75) is 18.6 Å². The molecular weight excluding hydrogens is 334 g/mol. The molecule has 0 bridgehead atoms. The van der Waals surface area contributed by atoms with E-state index in [4.69, 9.17) is 9.47 Å². The van der Waals surface area contributed by atoms with Gasteiger partial charge in [-0.2, -0.15) is 0 Å². The molecule has 4 rings (SSSR count). The van der Waals surface area contributed by atoms with E-state index in [1.54, 1.807) is 19.5 Å². The molecule has 0 spiro atoms. The molecule has 3 heterocycles. The molecule has 1 N–H and O–H groups in total. The largest absolute Gasteiger partial charge is 0.384 e. The van der Waals surface area contributed by atoms with Gasteiger partial charge < -0.3 is 19.7 Å². The number of hydrogen-bond donors (Lipinski definition) is 1. The number of fused-ring (bicyclic) bond motifs is 1. The second-order valence-electron chi connectivity index (χ2n) is 7.31. The highest BCUT2D eigenvalue weighted by molar-refractivity contribution is 5.78. The first-order valence-electron chi connectivity index (χ1n) is 9.40. The lowest BCUT2D eigenvalue weighted by molar-refractivity contribution is -0.130. The van der Waals surface area contributed by atoms with E-state index < -0.39 is 0 Å². The first-order chi connectivity index (χ1) is 12.8. The molecular formula is C18H27N5O3. The van der Waals surface area contributed by atoms with Crippen LogP contribution in [-0.4, -0.2) is 86.0 Å². The number of anilines is 1. The third kappa shape index (κ3) is 3.54. The van der Waals surface area contributed by atoms with Crippen molar-refractivity contribution in [2.24, 2.45) is 11.8 Å². The first kappa shape index (κ1) is 17.6. The molecule has 2 saturated heterocycles. The van der Waals surface area contributed by atoms with E-state index in [2.05, 4.69) is 25.1 Å². The molecule has 3 aliphatic rings. The predicted molar refractivity (Wildman–Crippen MR) is 95.8 cm³/mol. The number of piperazine rings is 1. The number of aromatic nitrogens is 2. The van der Waals surface area contributed by atoms with Gasteiger partial charge in [-0.1, -0.05) is 0 Å². The third-order valence-corrected chi connectivity index (χ3v) is 5.79. The number of ether oxygens (including phenoxy) is 2. The molecule has 0 unspecified atom stereocenters. The highest BCUT2D eigenvalue weighted by Gasteiger charge is 2.54. The van der Waals surface area contributed by atoms with Gasteiger partial charge in [0.1, 0.15) is 0 Å². The lowest BCUT2D eigenvalue weighted by atomic mass is 9.67. The summed E-state index contributed by atoms with van der Waals surface area (Å²) in [7, 11) is 1.71. The minimum absolute atomic E-state index is 0.103. The minimum atomic E-state index is 0.103. The molecule has 1 aliphatic carbocycles. The number of carbonyl (C=O) groups excluding carboxylic acids is 1. The van der Waals surface area contributed by atoms with Crippen LogP contribution in [0.4, 0.5) is 5.95 Å². The van der Waals surface area contributed by atoms with E-state index in [-0.39, 0.29) is 24.0 Å². The maximum absolute atomic E-state index is 12.5. The summed E-state index contributed by atoms with van der Waals surface area (Å²) in [6, 6.07) is 2.01. The Morgan fingerprint density at radius 1 is 1.31 bits per heavy atom. The molecule has 0 aromatic carbocycles. The molecule has 26 heavy (non-hydrogen) atoms. The number of amides is 1. The van der Waals surface area contributed by atoms with Crippen LogP contribution in [0, 0.1) is 11.8 Å². The lowest BCUT2D eigenvalue weighted by Gasteiger charge is -2.47. The van der Waals surface area contributed by atoms with Crippen LogP contribution in [0.5, 0.6) is 0 Å². The SMILES string of the molecule is COC[C@@H]1[C@@H](NC(=O)CN2CCN(c3ncccn3)CC2)[C@@H]2CCO[C@H]12. The molecule has 1 saturated carbocycles. The molecule has 3 fully saturated rings. The third-order valence-electron chi connectivity index (χ3n) is 5.79. The van der Waals surface area contributed by atoms with Gasteiger partial charge in [-0.3, -0.25) is 9.69 Å². The molecule has 8 nitrogen and oxygen atoms in total. The van der Waals surface area contributed by atoms with E-state index in [1.165, 1.54) is 0 Å². The van der Waals surface area contributed by atoms with E-state index >= 15 is 0 Å². The van der Waals surface area contributed by atoms with Gasteiger partial charge in [0.2, 0.25) is 11.9 Å². The van der Waals surface area contributed by atoms with Crippen LogP contribution >= 0.6 is 0 Å². The highest BCUT2D eigenvalue weighted by atomic mass is 16.5. The average molecular weight is 361 g/mol. The Bertz CT molecular complexity index is 608. The van der Waals surface area contributed by atoms with Crippen molar-refractivity contribution in [1.29, 1.82) is 0 Å². The number of nitrogens with zero attached hydrogens (tertiary/aromatic N) is 4. The summed E-state index contributed by atoms with van der Waals surface area (Å²) in [4.78, 5) is 25.5. The molecule has 1 amide bonds. The number of hydrogen-bond acceptors (Lipinski definition) is 7. The maximum atomic E-state index is 12.5. The van der Waals surface area contributed by atoms with Gasteiger partial charge >= 0.3 is 0 Å². The van der Waals surface area contributed by atoms with Crippen LogP contribution in [0.1, 0.15) is 6.42 Å². The Morgan fingerprint density at radius 2 is 2.08 bits per heavy atom. The van der Waals surface area contributed by atoms with Crippen molar-refractivity contribution >= 4 is 11.9 Å². The summed E-state index contributed by atoms with van der Waals surface area (Å²) >= 11 is 0. The lowest BCUT2D eigenvalue weighted by Crippen LogP contribution is -2.63. The predicted octanol–water partition coefficient (Wildman–Crippen LogP) is -0.235. The van der Waals surface area contributed by atoms with E-state index in [1.807, 2.05) is 6.07 Å². The summed E-state index contributed by atoms with van der Waals surface area (Å²) in [5.41, 5.74) is 0. The van der Waals surface area contributed by atoms with Gasteiger partial charge in [-0.15, -0.1) is 0 Å². The minimum Gasteiger partial charge on any atom is -0.384 e. The van der Waals surface area contributed by atoms with Crippen molar-refractivity contribution in [3.05, 3.63) is 18.5 Å². The van der Waals surface area contributed by atoms with Crippen LogP contribution in [0.25, 0.3) is 0 Å². The van der Waals surface area contributed by atoms with E-state index in [0.717, 1.165) is 45.2 Å². The maximum Gasteiger partial charge on any atom is 0.234 e. The van der Waals surface area contributed by atoms with Crippen LogP contribution in [0.15, 0.2) is 18.5 Å². The zero-order valence-corrected chi connectivity index (χ0v) is 15.2. The Labute approximate surface area is 153 Å². The van der Waals surface area contributed by atoms with Crippen molar-refractivity contribution in [3.8, 4) is 0 Å². The Kier molecular flexibility index (Phi) is 5.33. The van der Waals surface area contributed by atoms with Crippen LogP contribution in [0.3, 0.4) is 0 Å². The monoisotopic (exact) mass is 361 g/mol. The molecule has 8 heteroatoms. The van der Waals surface area contributed by atoms with Gasteiger partial charge in [0, 0.05) is 70.2 Å². The number of rotatable bonds is 6. The molecule has 1 aromatic rings. The Balaban J connectivity index is 1.24. The zero-order valence-electron chi connectivity index (χ0n) is 15.2. The normalized spacial score (nSPS) is 31.3. The fourth-order valence-electron chi connectivity index (χ4n) is 4.43.